The summed E-state index contributed by atoms with van der Waals surface area (Å²) in [4.78, 5) is 24.8. The summed E-state index contributed by atoms with van der Waals surface area (Å²) in [5.41, 5.74) is -1.41. The van der Waals surface area contributed by atoms with Crippen LogP contribution in [0.1, 0.15) is 26.0 Å². The molecule has 0 saturated carbocycles. The first kappa shape index (κ1) is 16.8. The molecular weight excluding hydrogens is 297 g/mol. The molecule has 0 amide bonds. The molecule has 1 aliphatic heterocycles. The topological polar surface area (TPSA) is 108 Å². The van der Waals surface area contributed by atoms with Crippen LogP contribution in [0.25, 0.3) is 0 Å². The van der Waals surface area contributed by atoms with E-state index in [2.05, 4.69) is 0 Å². The SMILES string of the molecule is CCCCN(O)[C@H]1[C@@H](F)[C@H](n2ccc(=O)[nH]c2=O)O[C@@H]1CO. The average Bonchev–Trinajstić information content (AvgIpc) is 2.81. The van der Waals surface area contributed by atoms with E-state index in [1.165, 1.54) is 0 Å². The Morgan fingerprint density at radius 3 is 2.82 bits per heavy atom. The molecule has 2 heterocycles. The van der Waals surface area contributed by atoms with E-state index in [1.54, 1.807) is 0 Å². The number of hydroxylamine groups is 2. The zero-order chi connectivity index (χ0) is 16.3. The molecule has 1 aliphatic rings. The molecule has 4 atom stereocenters. The molecular formula is C13H20FN3O5. The van der Waals surface area contributed by atoms with Crippen LogP contribution in [0, 0.1) is 0 Å². The van der Waals surface area contributed by atoms with Crippen molar-refractivity contribution in [2.45, 2.75) is 44.3 Å². The fraction of sp³-hybridized carbons (Fsp3) is 0.692. The lowest BCUT2D eigenvalue weighted by Gasteiger charge is -2.26. The van der Waals surface area contributed by atoms with Gasteiger partial charge in [-0.15, -0.1) is 0 Å². The van der Waals surface area contributed by atoms with E-state index in [4.69, 9.17) is 4.74 Å². The van der Waals surface area contributed by atoms with Crippen LogP contribution in [0.3, 0.4) is 0 Å². The Morgan fingerprint density at radius 2 is 2.23 bits per heavy atom. The first-order chi connectivity index (χ1) is 10.5. The molecule has 0 radical (unpaired) electrons. The Balaban J connectivity index is 2.25. The van der Waals surface area contributed by atoms with E-state index >= 15 is 0 Å². The first-order valence-electron chi connectivity index (χ1n) is 7.17. The summed E-state index contributed by atoms with van der Waals surface area (Å²) >= 11 is 0. The number of H-pyrrole nitrogens is 1. The van der Waals surface area contributed by atoms with E-state index in [0.717, 1.165) is 28.3 Å². The molecule has 0 aliphatic carbocycles. The maximum atomic E-state index is 14.6. The minimum atomic E-state index is -1.73. The van der Waals surface area contributed by atoms with Gasteiger partial charge in [-0.2, -0.15) is 5.06 Å². The zero-order valence-electron chi connectivity index (χ0n) is 12.2. The van der Waals surface area contributed by atoms with Crippen molar-refractivity contribution < 1.29 is 19.4 Å². The number of aliphatic hydroxyl groups is 1. The molecule has 22 heavy (non-hydrogen) atoms. The smallest absolute Gasteiger partial charge is 0.330 e. The van der Waals surface area contributed by atoms with Crippen molar-refractivity contribution in [3.63, 3.8) is 0 Å². The van der Waals surface area contributed by atoms with Crippen molar-refractivity contribution in [2.75, 3.05) is 13.2 Å². The van der Waals surface area contributed by atoms with Crippen LogP contribution in [0.15, 0.2) is 21.9 Å². The summed E-state index contributed by atoms with van der Waals surface area (Å²) in [6.07, 6.45) is -1.43. The van der Waals surface area contributed by atoms with Gasteiger partial charge < -0.3 is 15.1 Å². The molecule has 0 spiro atoms. The van der Waals surface area contributed by atoms with Crippen LogP contribution in [0.2, 0.25) is 0 Å². The Kier molecular flexibility index (Phi) is 5.46. The predicted molar refractivity (Wildman–Crippen MR) is 74.4 cm³/mol. The van der Waals surface area contributed by atoms with Gasteiger partial charge in [0.15, 0.2) is 12.4 Å². The van der Waals surface area contributed by atoms with Crippen LogP contribution in [-0.4, -0.2) is 56.4 Å². The van der Waals surface area contributed by atoms with E-state index in [1.807, 2.05) is 11.9 Å². The van der Waals surface area contributed by atoms with Crippen LogP contribution in [0.4, 0.5) is 4.39 Å². The van der Waals surface area contributed by atoms with Gasteiger partial charge in [0.25, 0.3) is 5.56 Å². The number of hydrogen-bond donors (Lipinski definition) is 3. The van der Waals surface area contributed by atoms with Crippen LogP contribution >= 0.6 is 0 Å². The average molecular weight is 317 g/mol. The van der Waals surface area contributed by atoms with Crippen LogP contribution < -0.4 is 11.2 Å². The molecule has 8 nitrogen and oxygen atoms in total. The van der Waals surface area contributed by atoms with Crippen molar-refractivity contribution in [2.24, 2.45) is 0 Å². The first-order valence-corrected chi connectivity index (χ1v) is 7.17. The largest absolute Gasteiger partial charge is 0.394 e. The number of aromatic amines is 1. The van der Waals surface area contributed by atoms with Gasteiger partial charge in [-0.05, 0) is 6.42 Å². The van der Waals surface area contributed by atoms with Gasteiger partial charge >= 0.3 is 5.69 Å². The fourth-order valence-corrected chi connectivity index (χ4v) is 2.53. The number of rotatable bonds is 6. The third-order valence-electron chi connectivity index (χ3n) is 3.68. The van der Waals surface area contributed by atoms with E-state index in [0.29, 0.717) is 6.42 Å². The number of hydrogen-bond acceptors (Lipinski definition) is 6. The summed E-state index contributed by atoms with van der Waals surface area (Å²) in [6.45, 7) is 1.66. The zero-order valence-corrected chi connectivity index (χ0v) is 12.2. The molecule has 0 bridgehead atoms. The fourth-order valence-electron chi connectivity index (χ4n) is 2.53. The molecule has 2 rings (SSSR count). The van der Waals surface area contributed by atoms with Crippen LogP contribution in [-0.2, 0) is 4.74 Å². The lowest BCUT2D eigenvalue weighted by Crippen LogP contribution is -2.46. The van der Waals surface area contributed by atoms with Crippen molar-refractivity contribution >= 4 is 0 Å². The van der Waals surface area contributed by atoms with Gasteiger partial charge in [-0.25, -0.2) is 9.18 Å². The van der Waals surface area contributed by atoms with Crippen molar-refractivity contribution in [1.82, 2.24) is 14.6 Å². The summed E-state index contributed by atoms with van der Waals surface area (Å²) in [5, 5.41) is 20.1. The number of aromatic nitrogens is 2. The maximum Gasteiger partial charge on any atom is 0.330 e. The minimum Gasteiger partial charge on any atom is -0.394 e. The van der Waals surface area contributed by atoms with E-state index in [-0.39, 0.29) is 6.54 Å². The Hall–Kier alpha value is -1.55. The highest BCUT2D eigenvalue weighted by Crippen LogP contribution is 2.33. The van der Waals surface area contributed by atoms with Gasteiger partial charge in [0.2, 0.25) is 0 Å². The van der Waals surface area contributed by atoms with Crippen molar-refractivity contribution in [3.8, 4) is 0 Å². The highest BCUT2D eigenvalue weighted by atomic mass is 19.1. The van der Waals surface area contributed by atoms with Gasteiger partial charge in [0.05, 0.1) is 12.6 Å². The van der Waals surface area contributed by atoms with Gasteiger partial charge in [-0.1, -0.05) is 13.3 Å². The van der Waals surface area contributed by atoms with E-state index in [9.17, 15) is 24.3 Å². The summed E-state index contributed by atoms with van der Waals surface area (Å²) in [6, 6.07) is -0.00703. The molecule has 1 fully saturated rings. The second kappa shape index (κ2) is 7.14. The molecule has 1 saturated heterocycles. The lowest BCUT2D eigenvalue weighted by atomic mass is 10.1. The van der Waals surface area contributed by atoms with Crippen molar-refractivity contribution in [1.29, 1.82) is 0 Å². The third-order valence-corrected chi connectivity index (χ3v) is 3.68. The summed E-state index contributed by atoms with van der Waals surface area (Å²) in [5.74, 6) is 0. The molecule has 0 unspecified atom stereocenters. The molecule has 9 heteroatoms. The van der Waals surface area contributed by atoms with Gasteiger partial charge in [-0.3, -0.25) is 14.3 Å². The Morgan fingerprint density at radius 1 is 1.50 bits per heavy atom. The summed E-state index contributed by atoms with van der Waals surface area (Å²) < 4.78 is 20.9. The minimum absolute atomic E-state index is 0.231. The normalized spacial score (nSPS) is 28.4. The number of ether oxygens (including phenoxy) is 1. The molecule has 1 aromatic heterocycles. The van der Waals surface area contributed by atoms with E-state index < -0.39 is 42.4 Å². The number of aliphatic hydroxyl groups excluding tert-OH is 1. The number of halogens is 1. The number of nitrogens with zero attached hydrogens (tertiary/aromatic N) is 2. The predicted octanol–water partition coefficient (Wildman–Crippen LogP) is -0.376. The Labute approximate surface area is 125 Å². The highest BCUT2D eigenvalue weighted by Gasteiger charge is 2.48. The number of nitrogens with one attached hydrogen (secondary N) is 1. The number of unbranched alkanes of at least 4 members (excludes halogenated alkanes) is 1. The lowest BCUT2D eigenvalue weighted by molar-refractivity contribution is -0.155. The Bertz CT molecular complexity index is 604. The maximum absolute atomic E-state index is 14.6. The van der Waals surface area contributed by atoms with Crippen LogP contribution in [0.5, 0.6) is 0 Å². The summed E-state index contributed by atoms with van der Waals surface area (Å²) in [7, 11) is 0. The highest BCUT2D eigenvalue weighted by molar-refractivity contribution is 4.96. The molecule has 0 aromatic carbocycles. The van der Waals surface area contributed by atoms with Crippen molar-refractivity contribution in [3.05, 3.63) is 33.1 Å². The quantitative estimate of drug-likeness (QED) is 0.618. The number of alkyl halides is 1. The second-order valence-corrected chi connectivity index (χ2v) is 5.22. The molecule has 124 valence electrons. The monoisotopic (exact) mass is 317 g/mol. The van der Waals surface area contributed by atoms with Gasteiger partial charge in [0, 0.05) is 18.8 Å². The van der Waals surface area contributed by atoms with Gasteiger partial charge in [0.1, 0.15) is 6.10 Å². The second-order valence-electron chi connectivity index (χ2n) is 5.22. The molecule has 3 N–H and O–H groups in total. The standard InChI is InChI=1S/C13H20FN3O5/c1-2-3-5-17(21)11-8(7-18)22-12(10(11)14)16-6-4-9(19)15-13(16)20/h4,6,8,10-12,18,21H,2-3,5,7H2,1H3,(H,15,19,20)/t8-,10-,11-,12-/m1/s1. The third kappa shape index (κ3) is 3.27. The molecule has 1 aromatic rings.